The Morgan fingerprint density at radius 1 is 1.15 bits per heavy atom. The molecule has 0 amide bonds. The van der Waals surface area contributed by atoms with Crippen LogP contribution in [-0.2, 0) is 14.9 Å². The number of hydrogen-bond donors (Lipinski definition) is 5. The highest BCUT2D eigenvalue weighted by atomic mass is 32.2. The first-order valence-electron chi connectivity index (χ1n) is 8.15. The lowest BCUT2D eigenvalue weighted by molar-refractivity contribution is -0.137. The van der Waals surface area contributed by atoms with Crippen molar-refractivity contribution in [3.8, 4) is 0 Å². The van der Waals surface area contributed by atoms with Crippen molar-refractivity contribution in [2.75, 3.05) is 18.4 Å². The van der Waals surface area contributed by atoms with E-state index in [0.717, 1.165) is 0 Å². The third-order valence-electron chi connectivity index (χ3n) is 4.00. The van der Waals surface area contributed by atoms with Crippen LogP contribution in [0.4, 0.5) is 5.69 Å². The summed E-state index contributed by atoms with van der Waals surface area (Å²) in [6, 6.07) is 6.35. The van der Waals surface area contributed by atoms with E-state index in [0.29, 0.717) is 24.2 Å². The number of hydrogen-bond acceptors (Lipinski definition) is 7. The van der Waals surface area contributed by atoms with E-state index in [9.17, 15) is 22.6 Å². The molecule has 0 heterocycles. The fourth-order valence-corrected chi connectivity index (χ4v) is 3.68. The van der Waals surface area contributed by atoms with Crippen LogP contribution >= 0.6 is 0 Å². The monoisotopic (exact) mass is 395 g/mol. The van der Waals surface area contributed by atoms with Gasteiger partial charge in [0.15, 0.2) is 5.78 Å². The molecule has 146 valence electrons. The van der Waals surface area contributed by atoms with Crippen molar-refractivity contribution >= 4 is 38.3 Å². The van der Waals surface area contributed by atoms with Crippen LogP contribution in [-0.4, -0.2) is 49.0 Å². The maximum atomic E-state index is 12.6. The summed E-state index contributed by atoms with van der Waals surface area (Å²) >= 11 is 0. The van der Waals surface area contributed by atoms with E-state index < -0.39 is 32.8 Å². The van der Waals surface area contributed by atoms with Crippen LogP contribution in [0.3, 0.4) is 0 Å². The van der Waals surface area contributed by atoms with Gasteiger partial charge >= 0.3 is 5.97 Å². The first-order chi connectivity index (χ1) is 12.7. The lowest BCUT2D eigenvalue weighted by atomic mass is 9.97. The van der Waals surface area contributed by atoms with E-state index in [1.807, 2.05) is 0 Å². The van der Waals surface area contributed by atoms with Gasteiger partial charge < -0.3 is 21.9 Å². The summed E-state index contributed by atoms with van der Waals surface area (Å²) in [6.07, 6.45) is -0.496. The van der Waals surface area contributed by atoms with Crippen molar-refractivity contribution in [2.45, 2.75) is 23.8 Å². The second-order valence-corrected chi connectivity index (χ2v) is 7.29. The van der Waals surface area contributed by atoms with Gasteiger partial charge in [-0.3, -0.25) is 14.1 Å². The third-order valence-corrected chi connectivity index (χ3v) is 4.96. The van der Waals surface area contributed by atoms with Gasteiger partial charge in [0.25, 0.3) is 10.1 Å². The molecule has 0 unspecified atom stereocenters. The van der Waals surface area contributed by atoms with Crippen LogP contribution in [0.25, 0.3) is 10.8 Å². The number of nitrogens with two attached hydrogens (primary N) is 2. The Morgan fingerprint density at radius 3 is 2.44 bits per heavy atom. The molecule has 0 aliphatic rings. The number of anilines is 1. The Kier molecular flexibility index (Phi) is 6.50. The lowest BCUT2D eigenvalue weighted by Gasteiger charge is -2.16. The van der Waals surface area contributed by atoms with Gasteiger partial charge in [0.1, 0.15) is 4.90 Å². The van der Waals surface area contributed by atoms with E-state index in [-0.39, 0.29) is 23.8 Å². The molecule has 0 aromatic heterocycles. The van der Waals surface area contributed by atoms with E-state index in [4.69, 9.17) is 16.6 Å². The molecule has 0 radical (unpaired) electrons. The maximum Gasteiger partial charge on any atom is 0.303 e. The summed E-state index contributed by atoms with van der Waals surface area (Å²) in [6.45, 7) is 0.803. The molecular formula is C17H21N3O6S. The van der Waals surface area contributed by atoms with Gasteiger partial charge in [-0.1, -0.05) is 18.2 Å². The first-order valence-corrected chi connectivity index (χ1v) is 9.59. The summed E-state index contributed by atoms with van der Waals surface area (Å²) in [4.78, 5) is 22.7. The van der Waals surface area contributed by atoms with Gasteiger partial charge in [-0.05, 0) is 18.6 Å². The number of fused-ring (bicyclic) bond motifs is 1. The molecule has 2 rings (SSSR count). The normalized spacial score (nSPS) is 12.7. The van der Waals surface area contributed by atoms with E-state index >= 15 is 0 Å². The highest BCUT2D eigenvalue weighted by molar-refractivity contribution is 7.86. The summed E-state index contributed by atoms with van der Waals surface area (Å²) in [7, 11) is -4.75. The molecule has 9 nitrogen and oxygen atoms in total. The van der Waals surface area contributed by atoms with E-state index in [1.54, 1.807) is 18.2 Å². The van der Waals surface area contributed by atoms with Crippen molar-refractivity contribution in [1.82, 2.24) is 0 Å². The minimum Gasteiger partial charge on any atom is -0.481 e. The minimum atomic E-state index is -4.75. The summed E-state index contributed by atoms with van der Waals surface area (Å²) in [5.41, 5.74) is 11.5. The summed E-state index contributed by atoms with van der Waals surface area (Å²) in [5, 5.41) is 12.4. The van der Waals surface area contributed by atoms with Crippen molar-refractivity contribution in [2.24, 2.45) is 11.5 Å². The van der Waals surface area contributed by atoms with Crippen LogP contribution in [0, 0.1) is 0 Å². The molecule has 0 bridgehead atoms. The number of carboxylic acid groups (broad SMARTS) is 1. The highest BCUT2D eigenvalue weighted by Crippen LogP contribution is 2.32. The van der Waals surface area contributed by atoms with Crippen molar-refractivity contribution in [1.29, 1.82) is 0 Å². The van der Waals surface area contributed by atoms with Gasteiger partial charge in [-0.2, -0.15) is 8.42 Å². The summed E-state index contributed by atoms with van der Waals surface area (Å²) < 4.78 is 33.8. The Morgan fingerprint density at radius 2 is 1.85 bits per heavy atom. The smallest absolute Gasteiger partial charge is 0.303 e. The molecule has 0 aliphatic heterocycles. The number of ketones is 1. The number of carbonyl (C=O) groups is 2. The molecule has 7 N–H and O–H groups in total. The molecule has 2 aromatic carbocycles. The second-order valence-electron chi connectivity index (χ2n) is 5.94. The minimum absolute atomic E-state index is 0.149. The second kappa shape index (κ2) is 8.44. The van der Waals surface area contributed by atoms with Crippen molar-refractivity contribution < 1.29 is 27.7 Å². The molecule has 0 saturated carbocycles. The van der Waals surface area contributed by atoms with Crippen LogP contribution < -0.4 is 16.8 Å². The van der Waals surface area contributed by atoms with Crippen LogP contribution in [0.1, 0.15) is 23.2 Å². The van der Waals surface area contributed by atoms with Gasteiger partial charge in [0.05, 0.1) is 6.04 Å². The van der Waals surface area contributed by atoms with Gasteiger partial charge in [-0.25, -0.2) is 0 Å². The lowest BCUT2D eigenvalue weighted by Crippen LogP contribution is -2.32. The molecule has 27 heavy (non-hydrogen) atoms. The molecule has 0 saturated heterocycles. The number of Topliss-reactive ketones (excluding diaryl/α,β-unsaturated/α-hetero) is 1. The van der Waals surface area contributed by atoms with Crippen molar-refractivity contribution in [3.05, 3.63) is 35.9 Å². The fourth-order valence-electron chi connectivity index (χ4n) is 2.77. The number of benzene rings is 2. The Bertz CT molecular complexity index is 974. The number of carbonyl (C=O) groups excluding carboxylic acids is 1. The van der Waals surface area contributed by atoms with E-state index in [1.165, 1.54) is 12.1 Å². The number of aliphatic carboxylic acids is 1. The number of rotatable bonds is 9. The first kappa shape index (κ1) is 20.8. The fraction of sp³-hybridized carbons (Fsp3) is 0.294. The predicted octanol–water partition coefficient (Wildman–Crippen LogP) is 0.832. The topological polar surface area (TPSA) is 173 Å². The molecular weight excluding hydrogens is 374 g/mol. The van der Waals surface area contributed by atoms with Gasteiger partial charge in [0.2, 0.25) is 0 Å². The van der Waals surface area contributed by atoms with Gasteiger partial charge in [0, 0.05) is 41.5 Å². The molecule has 0 spiro atoms. The zero-order chi connectivity index (χ0) is 20.2. The summed E-state index contributed by atoms with van der Waals surface area (Å²) in [5.74, 6) is -1.88. The van der Waals surface area contributed by atoms with Crippen LogP contribution in [0.2, 0.25) is 0 Å². The quantitative estimate of drug-likeness (QED) is 0.304. The molecule has 0 aliphatic carbocycles. The molecule has 10 heteroatoms. The number of carboxylic acids is 1. The average Bonchev–Trinajstić information content (AvgIpc) is 2.61. The van der Waals surface area contributed by atoms with Crippen LogP contribution in [0.5, 0.6) is 0 Å². The standard InChI is InChI=1S/C17H21N3O6S/c18-8-9-20-14-3-1-2-11-10(14)4-5-12(17(11)27(24,25)26)16(23)13(19)6-7-15(21)22/h1-5,13,20H,6-9,18-19H2,(H,21,22)(H,24,25,26)/t13-/m0/s1. The average molecular weight is 395 g/mol. The molecule has 0 fully saturated rings. The molecule has 1 atom stereocenters. The van der Waals surface area contributed by atoms with Gasteiger partial charge in [-0.15, -0.1) is 0 Å². The SMILES string of the molecule is NCCNc1cccc2c(S(=O)(=O)O)c(C(=O)[C@@H](N)CCC(=O)O)ccc12. The van der Waals surface area contributed by atoms with Crippen molar-refractivity contribution in [3.63, 3.8) is 0 Å². The maximum absolute atomic E-state index is 12.6. The largest absolute Gasteiger partial charge is 0.481 e. The Labute approximate surface area is 156 Å². The van der Waals surface area contributed by atoms with E-state index in [2.05, 4.69) is 5.32 Å². The highest BCUT2D eigenvalue weighted by Gasteiger charge is 2.27. The number of nitrogens with one attached hydrogen (secondary N) is 1. The predicted molar refractivity (Wildman–Crippen MR) is 100 cm³/mol. The Balaban J connectivity index is 2.61. The van der Waals surface area contributed by atoms with Crippen LogP contribution in [0.15, 0.2) is 35.2 Å². The third kappa shape index (κ3) is 4.80. The molecule has 2 aromatic rings. The zero-order valence-corrected chi connectivity index (χ0v) is 15.2. The zero-order valence-electron chi connectivity index (χ0n) is 14.4. The Hall–Kier alpha value is -2.53.